The number of aromatic nitrogens is 2. The van der Waals surface area contributed by atoms with E-state index in [1.165, 1.54) is 0 Å². The van der Waals surface area contributed by atoms with Crippen LogP contribution in [0.3, 0.4) is 0 Å². The van der Waals surface area contributed by atoms with Gasteiger partial charge in [0.15, 0.2) is 0 Å². The van der Waals surface area contributed by atoms with Crippen molar-refractivity contribution in [3.8, 4) is 0 Å². The lowest BCUT2D eigenvalue weighted by atomic mass is 9.94. The summed E-state index contributed by atoms with van der Waals surface area (Å²) >= 11 is 3.47. The molecule has 1 aromatic rings. The topological polar surface area (TPSA) is 56.5 Å². The molecule has 1 heterocycles. The van der Waals surface area contributed by atoms with Gasteiger partial charge in [-0.1, -0.05) is 0 Å². The Kier molecular flexibility index (Phi) is 4.42. The molecule has 1 fully saturated rings. The molecule has 1 atom stereocenters. The van der Waals surface area contributed by atoms with Crippen molar-refractivity contribution in [2.45, 2.75) is 25.0 Å². The molecule has 1 unspecified atom stereocenters. The lowest BCUT2D eigenvalue weighted by Gasteiger charge is -2.28. The summed E-state index contributed by atoms with van der Waals surface area (Å²) in [6, 6.07) is 0. The molecule has 1 aliphatic carbocycles. The average Bonchev–Trinajstić information content (AvgIpc) is 3.12. The second kappa shape index (κ2) is 5.69. The van der Waals surface area contributed by atoms with E-state index in [-0.39, 0.29) is 12.5 Å². The van der Waals surface area contributed by atoms with E-state index in [4.69, 9.17) is 9.47 Å². The minimum atomic E-state index is -0.960. The Morgan fingerprint density at radius 3 is 2.78 bits per heavy atom. The zero-order chi connectivity index (χ0) is 13.2. The molecule has 6 heteroatoms. The molecule has 0 aliphatic heterocycles. The standard InChI is InChI=1S/C12H19BrN2O3/c1-17-6-5-15-11(10(13)7-14-15)12(16,8-18-2)9-3-4-9/h7,9,16H,3-6,8H2,1-2H3. The molecule has 1 saturated carbocycles. The average molecular weight is 319 g/mol. The van der Waals surface area contributed by atoms with Crippen molar-refractivity contribution in [1.29, 1.82) is 0 Å². The quantitative estimate of drug-likeness (QED) is 0.828. The van der Waals surface area contributed by atoms with Crippen molar-refractivity contribution in [3.05, 3.63) is 16.4 Å². The Labute approximate surface area is 115 Å². The van der Waals surface area contributed by atoms with Crippen LogP contribution in [0.1, 0.15) is 18.5 Å². The molecule has 1 aliphatic rings. The molecular formula is C12H19BrN2O3. The fraction of sp³-hybridized carbons (Fsp3) is 0.750. The summed E-state index contributed by atoms with van der Waals surface area (Å²) < 4.78 is 12.9. The smallest absolute Gasteiger partial charge is 0.133 e. The van der Waals surface area contributed by atoms with Gasteiger partial charge in [-0.3, -0.25) is 4.68 Å². The summed E-state index contributed by atoms with van der Waals surface area (Å²) in [5.41, 5.74) is -0.165. The second-order valence-corrected chi connectivity index (χ2v) is 5.54. The van der Waals surface area contributed by atoms with Gasteiger partial charge in [-0.2, -0.15) is 5.10 Å². The number of hydrogen-bond donors (Lipinski definition) is 1. The lowest BCUT2D eigenvalue weighted by Crippen LogP contribution is -2.37. The van der Waals surface area contributed by atoms with Crippen LogP contribution in [0.4, 0.5) is 0 Å². The summed E-state index contributed by atoms with van der Waals surface area (Å²) in [6.45, 7) is 1.47. The van der Waals surface area contributed by atoms with Gasteiger partial charge in [-0.15, -0.1) is 0 Å². The minimum Gasteiger partial charge on any atom is -0.383 e. The Hall–Kier alpha value is -0.430. The maximum absolute atomic E-state index is 10.9. The SMILES string of the molecule is COCCn1ncc(Br)c1C(O)(COC)C1CC1. The maximum Gasteiger partial charge on any atom is 0.133 e. The number of halogens is 1. The van der Waals surface area contributed by atoms with Crippen molar-refractivity contribution in [3.63, 3.8) is 0 Å². The van der Waals surface area contributed by atoms with Crippen LogP contribution < -0.4 is 0 Å². The lowest BCUT2D eigenvalue weighted by molar-refractivity contribution is -0.0604. The minimum absolute atomic E-state index is 0.256. The Bertz CT molecular complexity index is 406. The highest BCUT2D eigenvalue weighted by Gasteiger charge is 2.48. The van der Waals surface area contributed by atoms with E-state index in [2.05, 4.69) is 21.0 Å². The second-order valence-electron chi connectivity index (χ2n) is 4.69. The van der Waals surface area contributed by atoms with Gasteiger partial charge in [0.2, 0.25) is 0 Å². The molecule has 0 aromatic carbocycles. The third-order valence-corrected chi connectivity index (χ3v) is 3.91. The molecule has 0 spiro atoms. The molecule has 1 aromatic heterocycles. The number of nitrogens with zero attached hydrogens (tertiary/aromatic N) is 2. The number of ether oxygens (including phenoxy) is 2. The van der Waals surface area contributed by atoms with E-state index >= 15 is 0 Å². The van der Waals surface area contributed by atoms with Crippen molar-refractivity contribution in [2.24, 2.45) is 5.92 Å². The Morgan fingerprint density at radius 1 is 1.50 bits per heavy atom. The molecule has 0 amide bonds. The molecule has 0 saturated heterocycles. The van der Waals surface area contributed by atoms with E-state index < -0.39 is 5.60 Å². The van der Waals surface area contributed by atoms with E-state index in [9.17, 15) is 5.11 Å². The van der Waals surface area contributed by atoms with Gasteiger partial charge in [-0.05, 0) is 34.7 Å². The van der Waals surface area contributed by atoms with Crippen molar-refractivity contribution in [1.82, 2.24) is 9.78 Å². The van der Waals surface area contributed by atoms with Crippen molar-refractivity contribution in [2.75, 3.05) is 27.4 Å². The van der Waals surface area contributed by atoms with E-state index in [1.807, 2.05) is 0 Å². The van der Waals surface area contributed by atoms with Gasteiger partial charge in [0.1, 0.15) is 5.60 Å². The summed E-state index contributed by atoms with van der Waals surface area (Å²) in [5, 5.41) is 15.2. The van der Waals surface area contributed by atoms with Crippen LogP contribution in [-0.4, -0.2) is 42.3 Å². The van der Waals surface area contributed by atoms with Crippen LogP contribution in [0.2, 0.25) is 0 Å². The number of rotatable bonds is 7. The highest BCUT2D eigenvalue weighted by atomic mass is 79.9. The number of aliphatic hydroxyl groups is 1. The van der Waals surface area contributed by atoms with E-state index in [0.29, 0.717) is 13.2 Å². The summed E-state index contributed by atoms with van der Waals surface area (Å²) in [5.74, 6) is 0.256. The first-order valence-corrected chi connectivity index (χ1v) is 6.84. The first kappa shape index (κ1) is 14.0. The monoisotopic (exact) mass is 318 g/mol. The van der Waals surface area contributed by atoms with E-state index in [1.54, 1.807) is 25.1 Å². The summed E-state index contributed by atoms with van der Waals surface area (Å²) in [6.07, 6.45) is 3.78. The zero-order valence-corrected chi connectivity index (χ0v) is 12.3. The highest BCUT2D eigenvalue weighted by Crippen LogP contribution is 2.47. The molecular weight excluding hydrogens is 300 g/mol. The number of methoxy groups -OCH3 is 2. The van der Waals surface area contributed by atoms with Crippen LogP contribution in [0.15, 0.2) is 10.7 Å². The van der Waals surface area contributed by atoms with Gasteiger partial charge in [0.05, 0.1) is 36.1 Å². The van der Waals surface area contributed by atoms with Crippen LogP contribution in [-0.2, 0) is 21.6 Å². The Morgan fingerprint density at radius 2 is 2.22 bits per heavy atom. The number of hydrogen-bond acceptors (Lipinski definition) is 4. The van der Waals surface area contributed by atoms with Gasteiger partial charge in [0.25, 0.3) is 0 Å². The van der Waals surface area contributed by atoms with Gasteiger partial charge in [0, 0.05) is 14.2 Å². The predicted octanol–water partition coefficient (Wildman–Crippen LogP) is 1.54. The third kappa shape index (κ3) is 2.61. The molecule has 0 radical (unpaired) electrons. The molecule has 102 valence electrons. The highest BCUT2D eigenvalue weighted by molar-refractivity contribution is 9.10. The van der Waals surface area contributed by atoms with E-state index in [0.717, 1.165) is 23.0 Å². The van der Waals surface area contributed by atoms with Crippen molar-refractivity contribution >= 4 is 15.9 Å². The summed E-state index contributed by atoms with van der Waals surface area (Å²) in [4.78, 5) is 0. The van der Waals surface area contributed by atoms with Gasteiger partial charge >= 0.3 is 0 Å². The van der Waals surface area contributed by atoms with Gasteiger partial charge < -0.3 is 14.6 Å². The molecule has 2 rings (SSSR count). The largest absolute Gasteiger partial charge is 0.383 e. The predicted molar refractivity (Wildman–Crippen MR) is 70.3 cm³/mol. The maximum atomic E-state index is 10.9. The normalized spacial score (nSPS) is 18.9. The fourth-order valence-electron chi connectivity index (χ4n) is 2.30. The first-order valence-electron chi connectivity index (χ1n) is 6.05. The molecule has 1 N–H and O–H groups in total. The molecule has 5 nitrogen and oxygen atoms in total. The third-order valence-electron chi connectivity index (χ3n) is 3.33. The van der Waals surface area contributed by atoms with Crippen LogP contribution >= 0.6 is 15.9 Å². The van der Waals surface area contributed by atoms with Crippen LogP contribution in [0.25, 0.3) is 0 Å². The van der Waals surface area contributed by atoms with Crippen LogP contribution in [0, 0.1) is 5.92 Å². The molecule has 18 heavy (non-hydrogen) atoms. The fourth-order valence-corrected chi connectivity index (χ4v) is 2.94. The van der Waals surface area contributed by atoms with Crippen LogP contribution in [0.5, 0.6) is 0 Å². The Balaban J connectivity index is 2.31. The summed E-state index contributed by atoms with van der Waals surface area (Å²) in [7, 11) is 3.26. The zero-order valence-electron chi connectivity index (χ0n) is 10.7. The first-order chi connectivity index (χ1) is 8.63. The molecule has 0 bridgehead atoms. The van der Waals surface area contributed by atoms with Gasteiger partial charge in [-0.25, -0.2) is 0 Å². The van der Waals surface area contributed by atoms with Crippen molar-refractivity contribution < 1.29 is 14.6 Å².